The summed E-state index contributed by atoms with van der Waals surface area (Å²) >= 11 is 5.97. The van der Waals surface area contributed by atoms with Crippen LogP contribution in [0.4, 0.5) is 0 Å². The van der Waals surface area contributed by atoms with E-state index < -0.39 is 0 Å². The molecule has 0 amide bonds. The van der Waals surface area contributed by atoms with Gasteiger partial charge in [-0.05, 0) is 24.5 Å². The molecule has 0 N–H and O–H groups in total. The van der Waals surface area contributed by atoms with E-state index in [2.05, 4.69) is 17.1 Å². The summed E-state index contributed by atoms with van der Waals surface area (Å²) in [5.41, 5.74) is 1.29. The summed E-state index contributed by atoms with van der Waals surface area (Å²) in [4.78, 5) is 4.35. The second kappa shape index (κ2) is 2.82. The maximum absolute atomic E-state index is 5.97. The molecule has 0 aromatic rings. The van der Waals surface area contributed by atoms with Crippen molar-refractivity contribution in [2.24, 2.45) is 4.99 Å². The van der Waals surface area contributed by atoms with Crippen LogP contribution >= 0.6 is 11.6 Å². The minimum absolute atomic E-state index is 0.221. The predicted molar refractivity (Wildman–Crippen MR) is 48.4 cm³/mol. The molecular weight excluding hydrogens is 158 g/mol. The van der Waals surface area contributed by atoms with Gasteiger partial charge in [0.05, 0.1) is 11.4 Å². The number of allylic oxidation sites excluding steroid dienone is 2. The number of aliphatic imine (C=N–C) groups is 1. The molecule has 0 saturated heterocycles. The van der Waals surface area contributed by atoms with E-state index in [9.17, 15) is 0 Å². The molecule has 2 rings (SSSR count). The van der Waals surface area contributed by atoms with Crippen LogP contribution in [0.15, 0.2) is 28.8 Å². The molecule has 1 aliphatic carbocycles. The molecule has 0 bridgehead atoms. The second-order valence-corrected chi connectivity index (χ2v) is 3.49. The highest BCUT2D eigenvalue weighted by atomic mass is 35.5. The number of halogens is 1. The van der Waals surface area contributed by atoms with E-state index in [4.69, 9.17) is 11.6 Å². The van der Waals surface area contributed by atoms with E-state index in [0.29, 0.717) is 6.04 Å². The molecule has 2 heteroatoms. The number of rotatable bonds is 0. The molecule has 0 aromatic heterocycles. The molecule has 0 aromatic carbocycles. The van der Waals surface area contributed by atoms with Gasteiger partial charge in [0.2, 0.25) is 0 Å². The minimum Gasteiger partial charge on any atom is -0.285 e. The molecular formula is C9H10ClN. The standard InChI is InChI=1S/C9H10ClN/c10-8-3-4-9-7(6-8)2-1-5-11-9/h1-2,5-6,8-9H,3-4H2. The third-order valence-electron chi connectivity index (χ3n) is 2.11. The summed E-state index contributed by atoms with van der Waals surface area (Å²) < 4.78 is 0. The van der Waals surface area contributed by atoms with Gasteiger partial charge in [-0.2, -0.15) is 0 Å². The molecule has 2 atom stereocenters. The number of dihydropyridines is 1. The lowest BCUT2D eigenvalue weighted by Crippen LogP contribution is -2.18. The van der Waals surface area contributed by atoms with Crippen LogP contribution in [0.5, 0.6) is 0 Å². The van der Waals surface area contributed by atoms with E-state index >= 15 is 0 Å². The van der Waals surface area contributed by atoms with Gasteiger partial charge in [0.25, 0.3) is 0 Å². The van der Waals surface area contributed by atoms with Crippen molar-refractivity contribution < 1.29 is 0 Å². The van der Waals surface area contributed by atoms with Crippen molar-refractivity contribution in [1.29, 1.82) is 0 Å². The summed E-state index contributed by atoms with van der Waals surface area (Å²) in [6.07, 6.45) is 10.2. The molecule has 2 aliphatic rings. The van der Waals surface area contributed by atoms with Crippen LogP contribution in [0.25, 0.3) is 0 Å². The molecule has 0 radical (unpaired) electrons. The zero-order valence-electron chi connectivity index (χ0n) is 6.20. The number of fused-ring (bicyclic) bond motifs is 1. The monoisotopic (exact) mass is 167 g/mol. The Morgan fingerprint density at radius 1 is 1.45 bits per heavy atom. The third kappa shape index (κ3) is 1.38. The molecule has 58 valence electrons. The average Bonchev–Trinajstić information content (AvgIpc) is 2.04. The third-order valence-corrected chi connectivity index (χ3v) is 2.46. The molecule has 0 spiro atoms. The van der Waals surface area contributed by atoms with Crippen LogP contribution < -0.4 is 0 Å². The van der Waals surface area contributed by atoms with E-state index in [1.807, 2.05) is 12.3 Å². The van der Waals surface area contributed by atoms with Gasteiger partial charge in [-0.15, -0.1) is 11.6 Å². The zero-order chi connectivity index (χ0) is 7.68. The Bertz CT molecular complexity index is 240. The predicted octanol–water partition coefficient (Wildman–Crippen LogP) is 2.32. The van der Waals surface area contributed by atoms with Crippen LogP contribution in [0.1, 0.15) is 12.8 Å². The van der Waals surface area contributed by atoms with Gasteiger partial charge >= 0.3 is 0 Å². The second-order valence-electron chi connectivity index (χ2n) is 2.93. The van der Waals surface area contributed by atoms with E-state index in [1.165, 1.54) is 5.57 Å². The Hall–Kier alpha value is -0.560. The largest absolute Gasteiger partial charge is 0.285 e. The lowest BCUT2D eigenvalue weighted by Gasteiger charge is -2.22. The summed E-state index contributed by atoms with van der Waals surface area (Å²) in [7, 11) is 0. The van der Waals surface area contributed by atoms with E-state index in [0.717, 1.165) is 12.8 Å². The van der Waals surface area contributed by atoms with Crippen molar-refractivity contribution in [3.8, 4) is 0 Å². The normalized spacial score (nSPS) is 34.8. The lowest BCUT2D eigenvalue weighted by molar-refractivity contribution is 0.631. The molecule has 0 fully saturated rings. The van der Waals surface area contributed by atoms with Crippen molar-refractivity contribution in [3.63, 3.8) is 0 Å². The fourth-order valence-electron chi connectivity index (χ4n) is 1.52. The maximum Gasteiger partial charge on any atom is 0.0747 e. The zero-order valence-corrected chi connectivity index (χ0v) is 6.96. The smallest absolute Gasteiger partial charge is 0.0747 e. The highest BCUT2D eigenvalue weighted by Gasteiger charge is 2.19. The first-order valence-corrected chi connectivity index (χ1v) is 4.35. The maximum atomic E-state index is 5.97. The van der Waals surface area contributed by atoms with Crippen LogP contribution in [0.3, 0.4) is 0 Å². The highest BCUT2D eigenvalue weighted by Crippen LogP contribution is 2.26. The van der Waals surface area contributed by atoms with Crippen molar-refractivity contribution >= 4 is 17.8 Å². The van der Waals surface area contributed by atoms with Gasteiger partial charge in [-0.1, -0.05) is 12.2 Å². The fourth-order valence-corrected chi connectivity index (χ4v) is 1.79. The van der Waals surface area contributed by atoms with E-state index in [1.54, 1.807) is 0 Å². The number of alkyl halides is 1. The fraction of sp³-hybridized carbons (Fsp3) is 0.444. The number of nitrogens with zero attached hydrogens (tertiary/aromatic N) is 1. The first kappa shape index (κ1) is 7.11. The molecule has 1 heterocycles. The van der Waals surface area contributed by atoms with Crippen molar-refractivity contribution in [3.05, 3.63) is 23.8 Å². The summed E-state index contributed by atoms with van der Waals surface area (Å²) in [5, 5.41) is 0.221. The van der Waals surface area contributed by atoms with Gasteiger partial charge < -0.3 is 0 Å². The Kier molecular flexibility index (Phi) is 1.82. The summed E-state index contributed by atoms with van der Waals surface area (Å²) in [6, 6.07) is 0.398. The van der Waals surface area contributed by atoms with Crippen LogP contribution in [0.2, 0.25) is 0 Å². The quantitative estimate of drug-likeness (QED) is 0.491. The van der Waals surface area contributed by atoms with Gasteiger partial charge in [0.15, 0.2) is 0 Å². The van der Waals surface area contributed by atoms with Gasteiger partial charge in [0, 0.05) is 6.21 Å². The average molecular weight is 168 g/mol. The van der Waals surface area contributed by atoms with Crippen LogP contribution in [0, 0.1) is 0 Å². The summed E-state index contributed by atoms with van der Waals surface area (Å²) in [6.45, 7) is 0. The van der Waals surface area contributed by atoms with Crippen molar-refractivity contribution in [2.75, 3.05) is 0 Å². The molecule has 0 saturated carbocycles. The van der Waals surface area contributed by atoms with Gasteiger partial charge in [0.1, 0.15) is 0 Å². The SMILES string of the molecule is ClC1C=C2C=CC=NC2CC1. The number of hydrogen-bond donors (Lipinski definition) is 0. The van der Waals surface area contributed by atoms with Crippen LogP contribution in [-0.2, 0) is 0 Å². The van der Waals surface area contributed by atoms with Crippen molar-refractivity contribution in [2.45, 2.75) is 24.3 Å². The van der Waals surface area contributed by atoms with Gasteiger partial charge in [-0.3, -0.25) is 4.99 Å². The number of hydrogen-bond acceptors (Lipinski definition) is 1. The Morgan fingerprint density at radius 3 is 3.27 bits per heavy atom. The Balaban J connectivity index is 2.26. The summed E-state index contributed by atoms with van der Waals surface area (Å²) in [5.74, 6) is 0. The minimum atomic E-state index is 0.221. The first-order valence-electron chi connectivity index (χ1n) is 3.92. The topological polar surface area (TPSA) is 12.4 Å². The first-order chi connectivity index (χ1) is 5.36. The van der Waals surface area contributed by atoms with Crippen LogP contribution in [-0.4, -0.2) is 17.6 Å². The molecule has 1 aliphatic heterocycles. The molecule has 2 unspecified atom stereocenters. The Morgan fingerprint density at radius 2 is 2.36 bits per heavy atom. The molecule has 1 nitrogen and oxygen atoms in total. The van der Waals surface area contributed by atoms with Gasteiger partial charge in [-0.25, -0.2) is 0 Å². The highest BCUT2D eigenvalue weighted by molar-refractivity contribution is 6.21. The molecule has 11 heavy (non-hydrogen) atoms. The van der Waals surface area contributed by atoms with Crippen molar-refractivity contribution in [1.82, 2.24) is 0 Å². The Labute approximate surface area is 71.5 Å². The van der Waals surface area contributed by atoms with E-state index in [-0.39, 0.29) is 5.38 Å². The lowest BCUT2D eigenvalue weighted by atomic mass is 9.93.